The summed E-state index contributed by atoms with van der Waals surface area (Å²) in [7, 11) is 1.70. The molecule has 4 aromatic rings. The fraction of sp³-hybridized carbons (Fsp3) is 0.318. The Morgan fingerprint density at radius 1 is 1.29 bits per heavy atom. The van der Waals surface area contributed by atoms with Gasteiger partial charge in [-0.15, -0.1) is 0 Å². The lowest BCUT2D eigenvalue weighted by molar-refractivity contribution is -0.0541. The third-order valence-electron chi connectivity index (χ3n) is 5.94. The van der Waals surface area contributed by atoms with E-state index in [1.54, 1.807) is 19.4 Å². The third-order valence-corrected chi connectivity index (χ3v) is 5.94. The molecule has 1 fully saturated rings. The van der Waals surface area contributed by atoms with Crippen LogP contribution in [0.25, 0.3) is 33.7 Å². The average molecular weight is 415 g/mol. The number of aliphatic hydroxyl groups is 1. The van der Waals surface area contributed by atoms with Gasteiger partial charge < -0.3 is 9.84 Å². The van der Waals surface area contributed by atoms with Crippen LogP contribution in [0.2, 0.25) is 0 Å². The van der Waals surface area contributed by atoms with Gasteiger partial charge in [-0.1, -0.05) is 0 Å². The highest BCUT2D eigenvalue weighted by molar-refractivity contribution is 5.93. The van der Waals surface area contributed by atoms with Gasteiger partial charge in [-0.3, -0.25) is 14.8 Å². The number of pyridine rings is 2. The molecule has 1 aliphatic rings. The fourth-order valence-electron chi connectivity index (χ4n) is 4.20. The molecule has 0 bridgehead atoms. The molecule has 0 atom stereocenters. The number of hydrogen-bond acceptors (Lipinski definition) is 7. The predicted octanol–water partition coefficient (Wildman–Crippen LogP) is 2.79. The first kappa shape index (κ1) is 19.4. The first-order valence-corrected chi connectivity index (χ1v) is 10.0. The van der Waals surface area contributed by atoms with E-state index in [1.165, 1.54) is 0 Å². The number of aliphatic hydroxyl groups excluding tert-OH is 1. The standard InChI is InChI=1S/C22H21N7O2/c1-31-15-11-22(12-15,5-6-23)29-8-4-17(28-29)21-16-3-2-7-24-18(16)10-19(25-21)20-9-14(13-30)26-27-20/h2-4,7-10,15,30H,5,11-13H2,1H3,(H,26,27). The molecule has 0 aromatic carbocycles. The number of nitriles is 1. The van der Waals surface area contributed by atoms with Crippen molar-refractivity contribution in [2.24, 2.45) is 0 Å². The molecule has 0 unspecified atom stereocenters. The Hall–Kier alpha value is -3.61. The summed E-state index contributed by atoms with van der Waals surface area (Å²) in [6.45, 7) is -0.125. The van der Waals surface area contributed by atoms with E-state index in [2.05, 4.69) is 21.3 Å². The molecule has 5 rings (SSSR count). The maximum absolute atomic E-state index is 9.36. The first-order chi connectivity index (χ1) is 15.2. The summed E-state index contributed by atoms with van der Waals surface area (Å²) < 4.78 is 7.32. The zero-order valence-electron chi connectivity index (χ0n) is 17.0. The van der Waals surface area contributed by atoms with Gasteiger partial charge in [0.15, 0.2) is 0 Å². The second-order valence-corrected chi connectivity index (χ2v) is 7.83. The molecule has 0 aliphatic heterocycles. The summed E-state index contributed by atoms with van der Waals surface area (Å²) in [5.41, 5.74) is 3.71. The minimum absolute atomic E-state index is 0.125. The topological polar surface area (TPSA) is 126 Å². The van der Waals surface area contributed by atoms with Crippen LogP contribution in [0.3, 0.4) is 0 Å². The summed E-state index contributed by atoms with van der Waals surface area (Å²) in [5, 5.41) is 31.5. The molecule has 0 amide bonds. The summed E-state index contributed by atoms with van der Waals surface area (Å²) in [4.78, 5) is 9.33. The van der Waals surface area contributed by atoms with Crippen molar-refractivity contribution in [1.82, 2.24) is 29.9 Å². The van der Waals surface area contributed by atoms with Crippen LogP contribution in [-0.4, -0.2) is 48.3 Å². The van der Waals surface area contributed by atoms with Gasteiger partial charge in [0, 0.05) is 24.9 Å². The average Bonchev–Trinajstić information content (AvgIpc) is 3.45. The monoisotopic (exact) mass is 415 g/mol. The van der Waals surface area contributed by atoms with Crippen LogP contribution >= 0.6 is 0 Å². The molecule has 4 heterocycles. The Morgan fingerprint density at radius 2 is 2.16 bits per heavy atom. The zero-order chi connectivity index (χ0) is 21.4. The maximum atomic E-state index is 9.36. The second kappa shape index (κ2) is 7.58. The van der Waals surface area contributed by atoms with Gasteiger partial charge in [-0.05, 0) is 43.2 Å². The van der Waals surface area contributed by atoms with Crippen molar-refractivity contribution in [3.63, 3.8) is 0 Å². The van der Waals surface area contributed by atoms with Crippen molar-refractivity contribution in [3.8, 4) is 28.8 Å². The smallest absolute Gasteiger partial charge is 0.111 e. The largest absolute Gasteiger partial charge is 0.390 e. The highest BCUT2D eigenvalue weighted by Crippen LogP contribution is 2.43. The number of nitrogens with one attached hydrogen (secondary N) is 1. The van der Waals surface area contributed by atoms with E-state index in [4.69, 9.17) is 14.8 Å². The number of methoxy groups -OCH3 is 1. The lowest BCUT2D eigenvalue weighted by atomic mass is 9.72. The van der Waals surface area contributed by atoms with Crippen molar-refractivity contribution in [3.05, 3.63) is 48.4 Å². The Labute approximate surface area is 178 Å². The van der Waals surface area contributed by atoms with Crippen molar-refractivity contribution in [1.29, 1.82) is 5.26 Å². The third kappa shape index (κ3) is 3.26. The van der Waals surface area contributed by atoms with Gasteiger partial charge in [-0.25, -0.2) is 4.98 Å². The summed E-state index contributed by atoms with van der Waals surface area (Å²) >= 11 is 0. The summed E-state index contributed by atoms with van der Waals surface area (Å²) in [6, 6.07) is 11.7. The van der Waals surface area contributed by atoms with E-state index in [1.807, 2.05) is 35.1 Å². The molecule has 0 radical (unpaired) electrons. The highest BCUT2D eigenvalue weighted by Gasteiger charge is 2.47. The number of aromatic amines is 1. The van der Waals surface area contributed by atoms with E-state index < -0.39 is 0 Å². The Bertz CT molecular complexity index is 1280. The molecular weight excluding hydrogens is 394 g/mol. The molecule has 1 aliphatic carbocycles. The summed E-state index contributed by atoms with van der Waals surface area (Å²) in [6.07, 6.45) is 5.68. The van der Waals surface area contributed by atoms with Crippen LogP contribution in [0.15, 0.2) is 42.7 Å². The Morgan fingerprint density at radius 3 is 2.90 bits per heavy atom. The number of nitrogens with zero attached hydrogens (tertiary/aromatic N) is 6. The minimum Gasteiger partial charge on any atom is -0.390 e. The number of rotatable bonds is 6. The van der Waals surface area contributed by atoms with Crippen LogP contribution in [-0.2, 0) is 16.9 Å². The molecule has 0 saturated heterocycles. The summed E-state index contributed by atoms with van der Waals surface area (Å²) in [5.74, 6) is 0. The molecule has 9 nitrogen and oxygen atoms in total. The van der Waals surface area contributed by atoms with E-state index in [-0.39, 0.29) is 18.2 Å². The lowest BCUT2D eigenvalue weighted by Gasteiger charge is -2.45. The highest BCUT2D eigenvalue weighted by atomic mass is 16.5. The van der Waals surface area contributed by atoms with Gasteiger partial charge >= 0.3 is 0 Å². The molecule has 2 N–H and O–H groups in total. The molecule has 1 saturated carbocycles. The minimum atomic E-state index is -0.350. The van der Waals surface area contributed by atoms with E-state index in [9.17, 15) is 10.4 Å². The fourth-order valence-corrected chi connectivity index (χ4v) is 4.20. The van der Waals surface area contributed by atoms with Crippen LogP contribution in [0.4, 0.5) is 0 Å². The van der Waals surface area contributed by atoms with Crippen LogP contribution in [0.5, 0.6) is 0 Å². The van der Waals surface area contributed by atoms with Crippen LogP contribution in [0, 0.1) is 11.3 Å². The molecule has 31 heavy (non-hydrogen) atoms. The number of H-pyrrole nitrogens is 1. The van der Waals surface area contributed by atoms with Crippen LogP contribution in [0.1, 0.15) is 25.0 Å². The van der Waals surface area contributed by atoms with Gasteiger partial charge in [0.05, 0.1) is 47.6 Å². The normalized spacial score (nSPS) is 20.5. The second-order valence-electron chi connectivity index (χ2n) is 7.83. The molecule has 156 valence electrons. The quantitative estimate of drug-likeness (QED) is 0.496. The van der Waals surface area contributed by atoms with E-state index in [0.717, 1.165) is 23.7 Å². The SMILES string of the molecule is COC1CC(CC#N)(n2ccc(-c3nc(-c4cc(CO)[nH]n4)cc4ncccc34)n2)C1. The van der Waals surface area contributed by atoms with E-state index >= 15 is 0 Å². The van der Waals surface area contributed by atoms with Gasteiger partial charge in [0.2, 0.25) is 0 Å². The van der Waals surface area contributed by atoms with E-state index in [0.29, 0.717) is 34.9 Å². The van der Waals surface area contributed by atoms with Gasteiger partial charge in [0.25, 0.3) is 0 Å². The van der Waals surface area contributed by atoms with Crippen LogP contribution < -0.4 is 0 Å². The Kier molecular flexibility index (Phi) is 4.73. The Balaban J connectivity index is 1.60. The number of fused-ring (bicyclic) bond motifs is 1. The molecule has 4 aromatic heterocycles. The van der Waals surface area contributed by atoms with Gasteiger partial charge in [0.1, 0.15) is 17.1 Å². The molecule has 9 heteroatoms. The number of aromatic nitrogens is 6. The number of hydrogen-bond donors (Lipinski definition) is 2. The zero-order valence-corrected chi connectivity index (χ0v) is 17.0. The van der Waals surface area contributed by atoms with Crippen molar-refractivity contribution in [2.75, 3.05) is 7.11 Å². The first-order valence-electron chi connectivity index (χ1n) is 10.0. The van der Waals surface area contributed by atoms with Crippen molar-refractivity contribution >= 4 is 10.9 Å². The maximum Gasteiger partial charge on any atom is 0.111 e. The van der Waals surface area contributed by atoms with Gasteiger partial charge in [-0.2, -0.15) is 15.5 Å². The molecule has 0 spiro atoms. The van der Waals surface area contributed by atoms with Crippen molar-refractivity contribution in [2.45, 2.75) is 37.5 Å². The lowest BCUT2D eigenvalue weighted by Crippen LogP contribution is -2.50. The number of ether oxygens (including phenoxy) is 1. The van der Waals surface area contributed by atoms with Crippen molar-refractivity contribution < 1.29 is 9.84 Å². The molecular formula is C22H21N7O2. The predicted molar refractivity (Wildman–Crippen MR) is 112 cm³/mol.